The third kappa shape index (κ3) is 8.44. The van der Waals surface area contributed by atoms with Crippen molar-refractivity contribution in [2.24, 2.45) is 5.73 Å². The summed E-state index contributed by atoms with van der Waals surface area (Å²) in [5.41, 5.74) is 5.34. The Bertz CT molecular complexity index is 138. The highest BCUT2D eigenvalue weighted by molar-refractivity contribution is 4.68. The Morgan fingerprint density at radius 1 is 1.36 bits per heavy atom. The molecule has 3 N–H and O–H groups in total. The SMILES string of the molecule is CNCCOC(C)(C)CCOC(C)N. The highest BCUT2D eigenvalue weighted by Crippen LogP contribution is 2.13. The fourth-order valence-electron chi connectivity index (χ4n) is 0.992. The van der Waals surface area contributed by atoms with E-state index < -0.39 is 0 Å². The van der Waals surface area contributed by atoms with Crippen LogP contribution >= 0.6 is 0 Å². The van der Waals surface area contributed by atoms with Crippen LogP contribution < -0.4 is 11.1 Å². The molecule has 0 aliphatic heterocycles. The molecule has 1 atom stereocenters. The fourth-order valence-corrected chi connectivity index (χ4v) is 0.992. The van der Waals surface area contributed by atoms with Crippen molar-refractivity contribution in [1.29, 1.82) is 0 Å². The van der Waals surface area contributed by atoms with Gasteiger partial charge in [-0.05, 0) is 34.2 Å². The molecule has 14 heavy (non-hydrogen) atoms. The maximum Gasteiger partial charge on any atom is 0.102 e. The molecule has 86 valence electrons. The Hall–Kier alpha value is -0.160. The van der Waals surface area contributed by atoms with Gasteiger partial charge >= 0.3 is 0 Å². The zero-order valence-corrected chi connectivity index (χ0v) is 9.80. The molecular weight excluding hydrogens is 180 g/mol. The minimum atomic E-state index is -0.192. The summed E-state index contributed by atoms with van der Waals surface area (Å²) in [6.45, 7) is 8.19. The van der Waals surface area contributed by atoms with E-state index in [9.17, 15) is 0 Å². The number of hydrogen-bond donors (Lipinski definition) is 2. The average Bonchev–Trinajstić information content (AvgIpc) is 2.03. The maximum absolute atomic E-state index is 5.67. The van der Waals surface area contributed by atoms with E-state index in [1.165, 1.54) is 0 Å². The van der Waals surface area contributed by atoms with Gasteiger partial charge in [-0.1, -0.05) is 0 Å². The molecule has 0 aromatic heterocycles. The van der Waals surface area contributed by atoms with Crippen LogP contribution in [0.1, 0.15) is 27.2 Å². The predicted octanol–water partition coefficient (Wildman–Crippen LogP) is 0.712. The monoisotopic (exact) mass is 204 g/mol. The summed E-state index contributed by atoms with van der Waals surface area (Å²) < 4.78 is 10.9. The van der Waals surface area contributed by atoms with Gasteiger partial charge in [0.05, 0.1) is 18.8 Å². The lowest BCUT2D eigenvalue weighted by Crippen LogP contribution is -2.31. The summed E-state index contributed by atoms with van der Waals surface area (Å²) in [6.07, 6.45) is 0.668. The molecule has 0 radical (unpaired) electrons. The molecular formula is C10H24N2O2. The topological polar surface area (TPSA) is 56.5 Å². The third-order valence-corrected chi connectivity index (χ3v) is 1.93. The number of likely N-dealkylation sites (N-methyl/N-ethyl adjacent to an activating group) is 1. The van der Waals surface area contributed by atoms with E-state index in [0.717, 1.165) is 19.6 Å². The van der Waals surface area contributed by atoms with Gasteiger partial charge in [0.15, 0.2) is 0 Å². The zero-order valence-electron chi connectivity index (χ0n) is 9.80. The van der Waals surface area contributed by atoms with Crippen LogP contribution in [0.3, 0.4) is 0 Å². The Morgan fingerprint density at radius 3 is 2.50 bits per heavy atom. The van der Waals surface area contributed by atoms with Gasteiger partial charge in [0.1, 0.15) is 6.23 Å². The summed E-state index contributed by atoms with van der Waals surface area (Å²) in [7, 11) is 1.91. The van der Waals surface area contributed by atoms with Crippen molar-refractivity contribution in [1.82, 2.24) is 5.32 Å². The molecule has 4 heteroatoms. The first kappa shape index (κ1) is 13.8. The second-order valence-electron chi connectivity index (χ2n) is 4.04. The molecule has 0 bridgehead atoms. The van der Waals surface area contributed by atoms with Crippen LogP contribution in [0.4, 0.5) is 0 Å². The molecule has 0 aliphatic carbocycles. The number of ether oxygens (including phenoxy) is 2. The van der Waals surface area contributed by atoms with E-state index in [1.807, 2.05) is 14.0 Å². The van der Waals surface area contributed by atoms with E-state index in [4.69, 9.17) is 15.2 Å². The van der Waals surface area contributed by atoms with Crippen LogP contribution in [0.2, 0.25) is 0 Å². The zero-order chi connectivity index (χ0) is 11.0. The number of hydrogen-bond acceptors (Lipinski definition) is 4. The summed E-state index contributed by atoms with van der Waals surface area (Å²) in [5, 5.41) is 3.04. The lowest BCUT2D eigenvalue weighted by Gasteiger charge is -2.25. The Labute approximate surface area is 87.1 Å². The van der Waals surface area contributed by atoms with Crippen molar-refractivity contribution >= 4 is 0 Å². The van der Waals surface area contributed by atoms with Crippen LogP contribution in [0.5, 0.6) is 0 Å². The number of nitrogens with one attached hydrogen (secondary N) is 1. The highest BCUT2D eigenvalue weighted by Gasteiger charge is 2.17. The van der Waals surface area contributed by atoms with Crippen LogP contribution in [-0.2, 0) is 9.47 Å². The van der Waals surface area contributed by atoms with Crippen LogP contribution in [0.25, 0.3) is 0 Å². The van der Waals surface area contributed by atoms with Crippen LogP contribution in [0, 0.1) is 0 Å². The van der Waals surface area contributed by atoms with Crippen molar-refractivity contribution in [2.45, 2.75) is 39.0 Å². The predicted molar refractivity (Wildman–Crippen MR) is 58.2 cm³/mol. The number of nitrogens with two attached hydrogens (primary N) is 1. The molecule has 0 spiro atoms. The Kier molecular flexibility index (Phi) is 7.09. The Morgan fingerprint density at radius 2 is 2.00 bits per heavy atom. The van der Waals surface area contributed by atoms with E-state index in [2.05, 4.69) is 19.2 Å². The normalized spacial score (nSPS) is 14.4. The molecule has 0 saturated carbocycles. The van der Waals surface area contributed by atoms with Gasteiger partial charge in [-0.2, -0.15) is 0 Å². The molecule has 4 nitrogen and oxygen atoms in total. The maximum atomic E-state index is 5.67. The van der Waals surface area contributed by atoms with Crippen molar-refractivity contribution in [2.75, 3.05) is 26.8 Å². The van der Waals surface area contributed by atoms with E-state index >= 15 is 0 Å². The molecule has 0 rings (SSSR count). The lowest BCUT2D eigenvalue weighted by molar-refractivity contribution is -0.0465. The van der Waals surface area contributed by atoms with Gasteiger partial charge < -0.3 is 20.5 Å². The average molecular weight is 204 g/mol. The summed E-state index contributed by atoms with van der Waals surface area (Å²) in [4.78, 5) is 0. The first-order valence-corrected chi connectivity index (χ1v) is 5.13. The van der Waals surface area contributed by atoms with Gasteiger partial charge in [-0.3, -0.25) is 0 Å². The van der Waals surface area contributed by atoms with Gasteiger partial charge in [0.25, 0.3) is 0 Å². The smallest absolute Gasteiger partial charge is 0.102 e. The molecule has 0 amide bonds. The Balaban J connectivity index is 3.50. The molecule has 0 saturated heterocycles. The highest BCUT2D eigenvalue weighted by atomic mass is 16.5. The van der Waals surface area contributed by atoms with Gasteiger partial charge in [0, 0.05) is 6.54 Å². The van der Waals surface area contributed by atoms with Gasteiger partial charge in [-0.15, -0.1) is 0 Å². The minimum absolute atomic E-state index is 0.133. The second kappa shape index (κ2) is 7.17. The van der Waals surface area contributed by atoms with Gasteiger partial charge in [-0.25, -0.2) is 0 Å². The van der Waals surface area contributed by atoms with Crippen molar-refractivity contribution in [3.8, 4) is 0 Å². The minimum Gasteiger partial charge on any atom is -0.374 e. The summed E-state index contributed by atoms with van der Waals surface area (Å²) in [5.74, 6) is 0. The molecule has 0 aromatic carbocycles. The van der Waals surface area contributed by atoms with Crippen molar-refractivity contribution in [3.63, 3.8) is 0 Å². The van der Waals surface area contributed by atoms with Gasteiger partial charge in [0.2, 0.25) is 0 Å². The quantitative estimate of drug-likeness (QED) is 0.452. The van der Waals surface area contributed by atoms with Crippen LogP contribution in [-0.4, -0.2) is 38.6 Å². The van der Waals surface area contributed by atoms with E-state index in [0.29, 0.717) is 6.61 Å². The fraction of sp³-hybridized carbons (Fsp3) is 1.00. The van der Waals surface area contributed by atoms with Crippen molar-refractivity contribution < 1.29 is 9.47 Å². The summed E-state index contributed by atoms with van der Waals surface area (Å²) >= 11 is 0. The molecule has 0 aliphatic rings. The number of rotatable bonds is 8. The third-order valence-electron chi connectivity index (χ3n) is 1.93. The summed E-state index contributed by atoms with van der Waals surface area (Å²) in [6, 6.07) is 0. The van der Waals surface area contributed by atoms with E-state index in [-0.39, 0.29) is 11.8 Å². The first-order chi connectivity index (χ1) is 6.48. The molecule has 1 unspecified atom stereocenters. The molecule has 0 fully saturated rings. The standard InChI is InChI=1S/C10H24N2O2/c1-9(11)13-7-5-10(2,3)14-8-6-12-4/h9,12H,5-8,11H2,1-4H3. The second-order valence-corrected chi connectivity index (χ2v) is 4.04. The largest absolute Gasteiger partial charge is 0.374 e. The van der Waals surface area contributed by atoms with Crippen molar-refractivity contribution in [3.05, 3.63) is 0 Å². The lowest BCUT2D eigenvalue weighted by atomic mass is 10.1. The molecule has 0 heterocycles. The molecule has 0 aromatic rings. The first-order valence-electron chi connectivity index (χ1n) is 5.13. The van der Waals surface area contributed by atoms with E-state index in [1.54, 1.807) is 0 Å². The van der Waals surface area contributed by atoms with Crippen LogP contribution in [0.15, 0.2) is 0 Å².